The average molecular weight is 651 g/mol. The van der Waals surface area contributed by atoms with Crippen molar-refractivity contribution in [2.75, 3.05) is 26.8 Å². The number of fused-ring (bicyclic) bond motifs is 2. The van der Waals surface area contributed by atoms with E-state index in [0.29, 0.717) is 13.2 Å². The minimum Gasteiger partial charge on any atom is -0.469 e. The Morgan fingerprint density at radius 2 is 1.46 bits per heavy atom. The summed E-state index contributed by atoms with van der Waals surface area (Å²) >= 11 is 0. The summed E-state index contributed by atoms with van der Waals surface area (Å²) in [4.78, 5) is 59.1. The summed E-state index contributed by atoms with van der Waals surface area (Å²) in [5.41, 5.74) is 5.11. The summed E-state index contributed by atoms with van der Waals surface area (Å²) in [5.74, 6) is 7.38. The second-order valence-electron chi connectivity index (χ2n) is 13.5. The number of ether oxygens (including phenoxy) is 2. The van der Waals surface area contributed by atoms with Crippen LogP contribution in [0.1, 0.15) is 93.7 Å². The van der Waals surface area contributed by atoms with Gasteiger partial charge in [-0.2, -0.15) is 0 Å². The molecule has 5 heterocycles. The number of amides is 2. The molecule has 250 valence electrons. The van der Waals surface area contributed by atoms with Crippen LogP contribution in [-0.2, 0) is 23.9 Å². The highest BCUT2D eigenvalue weighted by Crippen LogP contribution is 2.35. The second-order valence-corrected chi connectivity index (χ2v) is 13.5. The van der Waals surface area contributed by atoms with Crippen molar-refractivity contribution in [1.29, 1.82) is 0 Å². The molecular weight excluding hydrogens is 608 g/mol. The molecule has 3 aliphatic rings. The lowest BCUT2D eigenvalue weighted by Gasteiger charge is -2.29. The van der Waals surface area contributed by atoms with Crippen LogP contribution in [0.15, 0.2) is 36.4 Å². The molecule has 7 rings (SSSR count). The van der Waals surface area contributed by atoms with E-state index >= 15 is 0 Å². The van der Waals surface area contributed by atoms with E-state index in [1.807, 2.05) is 60.0 Å². The summed E-state index contributed by atoms with van der Waals surface area (Å²) in [6.07, 6.45) is 4.98. The van der Waals surface area contributed by atoms with Gasteiger partial charge in [-0.15, -0.1) is 0 Å². The zero-order valence-electron chi connectivity index (χ0n) is 27.8. The number of H-pyrrole nitrogens is 2. The number of aromatic nitrogens is 4. The number of imidazole rings is 2. The smallest absolute Gasteiger partial charge is 0.306 e. The zero-order chi connectivity index (χ0) is 33.4. The minimum atomic E-state index is -0.435. The van der Waals surface area contributed by atoms with Gasteiger partial charge < -0.3 is 29.2 Å². The number of rotatable bonds is 7. The molecule has 11 nitrogen and oxygen atoms in total. The number of nitrogens with one attached hydrogen (secondary N) is 2. The van der Waals surface area contributed by atoms with Gasteiger partial charge in [-0.25, -0.2) is 9.97 Å². The van der Waals surface area contributed by atoms with E-state index in [2.05, 4.69) is 21.8 Å². The van der Waals surface area contributed by atoms with Crippen molar-refractivity contribution in [3.05, 3.63) is 59.2 Å². The van der Waals surface area contributed by atoms with Crippen molar-refractivity contribution in [3.63, 3.8) is 0 Å². The molecule has 11 heteroatoms. The highest BCUT2D eigenvalue weighted by Gasteiger charge is 2.38. The molecule has 2 aromatic carbocycles. The third-order valence-electron chi connectivity index (χ3n) is 10.00. The Morgan fingerprint density at radius 1 is 0.875 bits per heavy atom. The topological polar surface area (TPSA) is 134 Å². The van der Waals surface area contributed by atoms with E-state index in [9.17, 15) is 14.4 Å². The number of hydrogen-bond acceptors (Lipinski definition) is 7. The standard InChI is InChI=1S/C37H42N6O5/c1-22(2)25(21-33(44)47-3)36(45)42-16-4-7-30(42)34-38-26-14-12-23(19-28(26)40-34)10-11-24-13-15-27-29(20-24)41-35(39-27)31-8-5-17-43(31)37(46)32-9-6-18-48-32/h12-15,19-20,22,25,30-32H,4-9,16-18,21H2,1-3H3,(H,38,40)(H,39,41)/t25-,30-,31-,32+/m0/s1. The van der Waals surface area contributed by atoms with Gasteiger partial charge in [0.15, 0.2) is 0 Å². The van der Waals surface area contributed by atoms with Crippen molar-refractivity contribution in [2.45, 2.75) is 77.0 Å². The molecular formula is C37H42N6O5. The van der Waals surface area contributed by atoms with Crippen LogP contribution in [-0.4, -0.2) is 80.4 Å². The fourth-order valence-corrected chi connectivity index (χ4v) is 7.35. The van der Waals surface area contributed by atoms with E-state index < -0.39 is 5.92 Å². The Balaban J connectivity index is 1.07. The van der Waals surface area contributed by atoms with Gasteiger partial charge in [0.2, 0.25) is 5.91 Å². The molecule has 2 amide bonds. The van der Waals surface area contributed by atoms with Crippen LogP contribution < -0.4 is 0 Å². The first-order valence-electron chi connectivity index (χ1n) is 17.1. The fraction of sp³-hybridized carbons (Fsp3) is 0.486. The molecule has 0 saturated carbocycles. The maximum Gasteiger partial charge on any atom is 0.306 e. The molecule has 4 aromatic rings. The lowest BCUT2D eigenvalue weighted by molar-refractivity contribution is -0.148. The van der Waals surface area contributed by atoms with E-state index in [0.717, 1.165) is 89.9 Å². The lowest BCUT2D eigenvalue weighted by atomic mass is 9.91. The third-order valence-corrected chi connectivity index (χ3v) is 10.00. The van der Waals surface area contributed by atoms with Crippen LogP contribution in [0, 0.1) is 23.7 Å². The van der Waals surface area contributed by atoms with Gasteiger partial charge in [0.1, 0.15) is 17.8 Å². The predicted octanol–water partition coefficient (Wildman–Crippen LogP) is 5.18. The van der Waals surface area contributed by atoms with Crippen LogP contribution in [0.5, 0.6) is 0 Å². The van der Waals surface area contributed by atoms with Gasteiger partial charge in [-0.3, -0.25) is 14.4 Å². The Morgan fingerprint density at radius 3 is 2.00 bits per heavy atom. The maximum absolute atomic E-state index is 13.6. The molecule has 3 saturated heterocycles. The molecule has 0 bridgehead atoms. The van der Waals surface area contributed by atoms with Gasteiger partial charge >= 0.3 is 5.97 Å². The summed E-state index contributed by atoms with van der Waals surface area (Å²) in [7, 11) is 1.35. The number of methoxy groups -OCH3 is 1. The largest absolute Gasteiger partial charge is 0.469 e. The molecule has 2 N–H and O–H groups in total. The van der Waals surface area contributed by atoms with E-state index in [4.69, 9.17) is 19.4 Å². The fourth-order valence-electron chi connectivity index (χ4n) is 7.35. The monoisotopic (exact) mass is 650 g/mol. The van der Waals surface area contributed by atoms with Crippen LogP contribution in [0.2, 0.25) is 0 Å². The highest BCUT2D eigenvalue weighted by atomic mass is 16.5. The first kappa shape index (κ1) is 31.9. The minimum absolute atomic E-state index is 0.0100. The first-order chi connectivity index (χ1) is 23.3. The quantitative estimate of drug-likeness (QED) is 0.208. The van der Waals surface area contributed by atoms with Crippen molar-refractivity contribution in [2.24, 2.45) is 11.8 Å². The van der Waals surface area contributed by atoms with Crippen LogP contribution in [0.4, 0.5) is 0 Å². The maximum atomic E-state index is 13.6. The molecule has 0 unspecified atom stereocenters. The van der Waals surface area contributed by atoms with Gasteiger partial charge in [0, 0.05) is 30.8 Å². The molecule has 2 aromatic heterocycles. The summed E-state index contributed by atoms with van der Waals surface area (Å²) in [6, 6.07) is 11.6. The van der Waals surface area contributed by atoms with Gasteiger partial charge in [0.05, 0.1) is 53.6 Å². The number of nitrogens with zero attached hydrogens (tertiary/aromatic N) is 4. The van der Waals surface area contributed by atoms with Crippen LogP contribution in [0.3, 0.4) is 0 Å². The summed E-state index contributed by atoms with van der Waals surface area (Å²) in [5, 5.41) is 0. The molecule has 48 heavy (non-hydrogen) atoms. The number of benzene rings is 2. The van der Waals surface area contributed by atoms with Crippen molar-refractivity contribution >= 4 is 39.9 Å². The Bertz CT molecular complexity index is 1910. The SMILES string of the molecule is COC(=O)C[C@H](C(=O)N1CCC[C@H]1c1nc2ccc(C#Cc3ccc4nc([C@@H]5CCCN5C(=O)[C@H]5CCCO5)[nH]c4c3)cc2[nH]1)C(C)C. The number of carbonyl (C=O) groups is 3. The number of hydrogen-bond donors (Lipinski definition) is 2. The van der Waals surface area contributed by atoms with E-state index in [1.54, 1.807) is 0 Å². The van der Waals surface area contributed by atoms with Crippen molar-refractivity contribution in [1.82, 2.24) is 29.7 Å². The van der Waals surface area contributed by atoms with Crippen LogP contribution >= 0.6 is 0 Å². The van der Waals surface area contributed by atoms with Crippen molar-refractivity contribution < 1.29 is 23.9 Å². The predicted molar refractivity (Wildman–Crippen MR) is 179 cm³/mol. The number of aromatic amines is 2. The second kappa shape index (κ2) is 13.4. The van der Waals surface area contributed by atoms with Gasteiger partial charge in [0.25, 0.3) is 5.91 Å². The lowest BCUT2D eigenvalue weighted by Crippen LogP contribution is -2.39. The molecule has 4 atom stereocenters. The van der Waals surface area contributed by atoms with Gasteiger partial charge in [-0.05, 0) is 80.8 Å². The van der Waals surface area contributed by atoms with Gasteiger partial charge in [-0.1, -0.05) is 25.7 Å². The molecule has 0 spiro atoms. The summed E-state index contributed by atoms with van der Waals surface area (Å²) < 4.78 is 10.5. The van der Waals surface area contributed by atoms with Crippen molar-refractivity contribution in [3.8, 4) is 11.8 Å². The Labute approximate surface area is 279 Å². The molecule has 0 aliphatic carbocycles. The third kappa shape index (κ3) is 6.29. The van der Waals surface area contributed by atoms with E-state index in [1.165, 1.54) is 7.11 Å². The zero-order valence-corrected chi connectivity index (χ0v) is 27.8. The molecule has 3 aliphatic heterocycles. The molecule has 3 fully saturated rings. The number of carbonyl (C=O) groups excluding carboxylic acids is 3. The average Bonchev–Trinajstić information content (AvgIpc) is 3.93. The van der Waals surface area contributed by atoms with E-state index in [-0.39, 0.29) is 48.3 Å². The highest BCUT2D eigenvalue weighted by molar-refractivity contribution is 5.85. The normalized spacial score (nSPS) is 21.6. The Hall–Kier alpha value is -4.69. The Kier molecular flexibility index (Phi) is 8.92. The number of likely N-dealkylation sites (tertiary alicyclic amines) is 2. The number of esters is 1. The first-order valence-corrected chi connectivity index (χ1v) is 17.1. The molecule has 0 radical (unpaired) electrons. The summed E-state index contributed by atoms with van der Waals surface area (Å²) in [6.45, 7) is 5.94. The van der Waals surface area contributed by atoms with Crippen LogP contribution in [0.25, 0.3) is 22.1 Å².